The van der Waals surface area contributed by atoms with Gasteiger partial charge in [-0.25, -0.2) is 0 Å². The molecule has 0 aromatic rings. The molecule has 1 aliphatic carbocycles. The normalized spacial score (nSPS) is 27.8. The standard InChI is InChI=1S/C7H8F4/c1-4-3-6(8,9)7(10,11)5(4)2/h3H2,1-2H3. The lowest BCUT2D eigenvalue weighted by Gasteiger charge is -2.19. The van der Waals surface area contributed by atoms with E-state index in [9.17, 15) is 17.6 Å². The van der Waals surface area contributed by atoms with Crippen molar-refractivity contribution in [1.29, 1.82) is 0 Å². The molecule has 0 amide bonds. The highest BCUT2D eigenvalue weighted by Crippen LogP contribution is 2.50. The van der Waals surface area contributed by atoms with Gasteiger partial charge in [-0.15, -0.1) is 0 Å². The van der Waals surface area contributed by atoms with Crippen molar-refractivity contribution in [3.63, 3.8) is 0 Å². The maximum absolute atomic E-state index is 12.6. The summed E-state index contributed by atoms with van der Waals surface area (Å²) in [5, 5.41) is 0. The van der Waals surface area contributed by atoms with Crippen molar-refractivity contribution < 1.29 is 17.6 Å². The lowest BCUT2D eigenvalue weighted by Crippen LogP contribution is -2.36. The van der Waals surface area contributed by atoms with Gasteiger partial charge < -0.3 is 0 Å². The minimum atomic E-state index is -3.93. The molecule has 0 aromatic carbocycles. The number of hydrogen-bond donors (Lipinski definition) is 0. The maximum atomic E-state index is 12.6. The van der Waals surface area contributed by atoms with Crippen LogP contribution in [-0.4, -0.2) is 11.8 Å². The summed E-state index contributed by atoms with van der Waals surface area (Å²) in [7, 11) is 0. The Morgan fingerprint density at radius 3 is 1.64 bits per heavy atom. The topological polar surface area (TPSA) is 0 Å². The van der Waals surface area contributed by atoms with Gasteiger partial charge in [-0.3, -0.25) is 0 Å². The monoisotopic (exact) mass is 168 g/mol. The molecule has 0 nitrogen and oxygen atoms in total. The largest absolute Gasteiger partial charge is 0.331 e. The fourth-order valence-corrected chi connectivity index (χ4v) is 1.12. The quantitative estimate of drug-likeness (QED) is 0.385. The Labute approximate surface area is 61.9 Å². The van der Waals surface area contributed by atoms with Crippen LogP contribution in [0.5, 0.6) is 0 Å². The van der Waals surface area contributed by atoms with Crippen molar-refractivity contribution in [3.8, 4) is 0 Å². The Morgan fingerprint density at radius 2 is 1.55 bits per heavy atom. The van der Waals surface area contributed by atoms with Crippen LogP contribution in [0.4, 0.5) is 17.6 Å². The van der Waals surface area contributed by atoms with Crippen LogP contribution in [0.3, 0.4) is 0 Å². The van der Waals surface area contributed by atoms with Crippen LogP contribution in [0.2, 0.25) is 0 Å². The Bertz CT molecular complexity index is 214. The molecule has 64 valence electrons. The van der Waals surface area contributed by atoms with Gasteiger partial charge in [-0.05, 0) is 13.8 Å². The van der Waals surface area contributed by atoms with Crippen LogP contribution in [-0.2, 0) is 0 Å². The van der Waals surface area contributed by atoms with E-state index in [1.807, 2.05) is 0 Å². The molecule has 0 fully saturated rings. The first-order chi connectivity index (χ1) is 4.79. The number of allylic oxidation sites excluding steroid dienone is 2. The summed E-state index contributed by atoms with van der Waals surface area (Å²) in [6.45, 7) is 2.36. The van der Waals surface area contributed by atoms with E-state index in [-0.39, 0.29) is 5.57 Å². The Kier molecular flexibility index (Phi) is 1.55. The predicted molar refractivity (Wildman–Crippen MR) is 32.9 cm³/mol. The van der Waals surface area contributed by atoms with E-state index in [1.165, 1.54) is 6.92 Å². The summed E-state index contributed by atoms with van der Waals surface area (Å²) >= 11 is 0. The van der Waals surface area contributed by atoms with Crippen LogP contribution in [0, 0.1) is 0 Å². The van der Waals surface area contributed by atoms with E-state index in [0.717, 1.165) is 6.92 Å². The molecular formula is C7H8F4. The summed E-state index contributed by atoms with van der Waals surface area (Å²) in [6, 6.07) is 0. The fraction of sp³-hybridized carbons (Fsp3) is 0.714. The molecule has 0 unspecified atom stereocenters. The van der Waals surface area contributed by atoms with Crippen LogP contribution in [0.1, 0.15) is 20.3 Å². The van der Waals surface area contributed by atoms with Crippen LogP contribution >= 0.6 is 0 Å². The highest BCUT2D eigenvalue weighted by Gasteiger charge is 2.61. The highest BCUT2D eigenvalue weighted by atomic mass is 19.3. The second-order valence-electron chi connectivity index (χ2n) is 2.86. The first-order valence-corrected chi connectivity index (χ1v) is 3.21. The first-order valence-electron chi connectivity index (χ1n) is 3.21. The Morgan fingerprint density at radius 1 is 1.09 bits per heavy atom. The average Bonchev–Trinajstić information content (AvgIpc) is 1.93. The number of alkyl halides is 4. The van der Waals surface area contributed by atoms with Crippen molar-refractivity contribution in [2.24, 2.45) is 0 Å². The molecule has 1 rings (SSSR count). The average molecular weight is 168 g/mol. The van der Waals surface area contributed by atoms with Gasteiger partial charge in [-0.1, -0.05) is 5.57 Å². The van der Waals surface area contributed by atoms with Gasteiger partial charge in [0.05, 0.1) is 0 Å². The van der Waals surface area contributed by atoms with Crippen LogP contribution in [0.15, 0.2) is 11.1 Å². The summed E-state index contributed by atoms with van der Waals surface area (Å²) in [6.07, 6.45) is -0.814. The zero-order valence-corrected chi connectivity index (χ0v) is 6.22. The fourth-order valence-electron chi connectivity index (χ4n) is 1.12. The molecule has 1 aliphatic rings. The van der Waals surface area contributed by atoms with Gasteiger partial charge in [0.2, 0.25) is 0 Å². The molecule has 0 N–H and O–H groups in total. The van der Waals surface area contributed by atoms with E-state index in [0.29, 0.717) is 0 Å². The van der Waals surface area contributed by atoms with Gasteiger partial charge >= 0.3 is 11.8 Å². The third-order valence-electron chi connectivity index (χ3n) is 2.06. The van der Waals surface area contributed by atoms with E-state index >= 15 is 0 Å². The third-order valence-corrected chi connectivity index (χ3v) is 2.06. The van der Waals surface area contributed by atoms with Crippen molar-refractivity contribution in [2.45, 2.75) is 32.1 Å². The number of halogens is 4. The predicted octanol–water partition coefficient (Wildman–Crippen LogP) is 3.00. The summed E-state index contributed by atoms with van der Waals surface area (Å²) < 4.78 is 50.0. The molecule has 0 aliphatic heterocycles. The molecule has 0 atom stereocenters. The van der Waals surface area contributed by atoms with Crippen molar-refractivity contribution in [2.75, 3.05) is 0 Å². The molecule has 0 heterocycles. The summed E-state index contributed by atoms with van der Waals surface area (Å²) in [4.78, 5) is 0. The van der Waals surface area contributed by atoms with E-state index in [2.05, 4.69) is 0 Å². The van der Waals surface area contributed by atoms with Crippen LogP contribution in [0.25, 0.3) is 0 Å². The molecule has 11 heavy (non-hydrogen) atoms. The maximum Gasteiger partial charge on any atom is 0.331 e. The zero-order valence-electron chi connectivity index (χ0n) is 6.22. The minimum absolute atomic E-state index is 0.0972. The molecule has 0 spiro atoms. The molecule has 0 saturated heterocycles. The minimum Gasteiger partial charge on any atom is -0.199 e. The lowest BCUT2D eigenvalue weighted by atomic mass is 10.1. The van der Waals surface area contributed by atoms with Gasteiger partial charge in [0.25, 0.3) is 0 Å². The van der Waals surface area contributed by atoms with Gasteiger partial charge in [0.15, 0.2) is 0 Å². The van der Waals surface area contributed by atoms with E-state index < -0.39 is 23.8 Å². The molecule has 0 saturated carbocycles. The van der Waals surface area contributed by atoms with Gasteiger partial charge in [0.1, 0.15) is 0 Å². The molecular weight excluding hydrogens is 160 g/mol. The van der Waals surface area contributed by atoms with Gasteiger partial charge in [-0.2, -0.15) is 17.6 Å². The van der Waals surface area contributed by atoms with Crippen LogP contribution < -0.4 is 0 Å². The molecule has 0 radical (unpaired) electrons. The molecule has 0 aromatic heterocycles. The Balaban J connectivity index is 3.08. The highest BCUT2D eigenvalue weighted by molar-refractivity contribution is 5.29. The SMILES string of the molecule is CC1=C(C)C(F)(F)C(F)(F)C1. The summed E-state index contributed by atoms with van der Waals surface area (Å²) in [5.41, 5.74) is -0.387. The zero-order chi connectivity index (χ0) is 8.86. The summed E-state index contributed by atoms with van der Waals surface area (Å²) in [5.74, 6) is -7.81. The van der Waals surface area contributed by atoms with Gasteiger partial charge in [0, 0.05) is 12.0 Å². The second kappa shape index (κ2) is 1.99. The van der Waals surface area contributed by atoms with Crippen molar-refractivity contribution in [3.05, 3.63) is 11.1 Å². The van der Waals surface area contributed by atoms with Crippen molar-refractivity contribution >= 4 is 0 Å². The smallest absolute Gasteiger partial charge is 0.199 e. The molecule has 0 bridgehead atoms. The van der Waals surface area contributed by atoms with Crippen molar-refractivity contribution in [1.82, 2.24) is 0 Å². The number of rotatable bonds is 0. The third kappa shape index (κ3) is 0.957. The second-order valence-corrected chi connectivity index (χ2v) is 2.86. The molecule has 4 heteroatoms. The van der Waals surface area contributed by atoms with E-state index in [4.69, 9.17) is 0 Å². The Hall–Kier alpha value is -0.540. The first kappa shape index (κ1) is 8.56. The number of hydrogen-bond acceptors (Lipinski definition) is 0. The van der Waals surface area contributed by atoms with E-state index in [1.54, 1.807) is 0 Å². The lowest BCUT2D eigenvalue weighted by molar-refractivity contribution is -0.172.